The fourth-order valence-electron chi connectivity index (χ4n) is 2.51. The molecule has 2 atom stereocenters. The molecule has 0 unspecified atom stereocenters. The summed E-state index contributed by atoms with van der Waals surface area (Å²) in [6.07, 6.45) is 3.75. The van der Waals surface area contributed by atoms with Crippen LogP contribution < -0.4 is 15.4 Å². The molecule has 5 nitrogen and oxygen atoms in total. The van der Waals surface area contributed by atoms with Gasteiger partial charge < -0.3 is 15.4 Å². The van der Waals surface area contributed by atoms with Crippen molar-refractivity contribution in [3.63, 3.8) is 0 Å². The Bertz CT molecular complexity index is 525. The highest BCUT2D eigenvalue weighted by Crippen LogP contribution is 2.27. The van der Waals surface area contributed by atoms with Crippen LogP contribution in [0.1, 0.15) is 25.3 Å². The van der Waals surface area contributed by atoms with Gasteiger partial charge in [0.2, 0.25) is 11.8 Å². The van der Waals surface area contributed by atoms with Gasteiger partial charge in [0.15, 0.2) is 0 Å². The molecule has 0 spiro atoms. The molecule has 1 heterocycles. The second-order valence-corrected chi connectivity index (χ2v) is 6.54. The number of fused-ring (bicyclic) bond motifs is 1. The largest absolute Gasteiger partial charge is 0.488 e. The fraction of sp³-hybridized carbons (Fsp3) is 0.529. The molecule has 1 aromatic rings. The first kappa shape index (κ1) is 17.7. The molecule has 2 amide bonds. The van der Waals surface area contributed by atoms with E-state index in [1.54, 1.807) is 18.7 Å². The van der Waals surface area contributed by atoms with Crippen LogP contribution in [0.5, 0.6) is 5.75 Å². The molecule has 0 bridgehead atoms. The van der Waals surface area contributed by atoms with Crippen molar-refractivity contribution >= 4 is 23.6 Å². The number of hydrogen-bond acceptors (Lipinski definition) is 4. The van der Waals surface area contributed by atoms with Crippen molar-refractivity contribution < 1.29 is 14.3 Å². The topological polar surface area (TPSA) is 67.4 Å². The van der Waals surface area contributed by atoms with Gasteiger partial charge in [0.1, 0.15) is 17.9 Å². The Kier molecular flexibility index (Phi) is 6.77. The zero-order valence-corrected chi connectivity index (χ0v) is 14.4. The Morgan fingerprint density at radius 2 is 2.17 bits per heavy atom. The van der Waals surface area contributed by atoms with Crippen molar-refractivity contribution in [2.75, 3.05) is 18.6 Å². The maximum Gasteiger partial charge on any atom is 0.242 e. The molecule has 6 heteroatoms. The first-order chi connectivity index (χ1) is 11.1. The van der Waals surface area contributed by atoms with Gasteiger partial charge in [0.05, 0.1) is 6.54 Å². The van der Waals surface area contributed by atoms with Gasteiger partial charge in [-0.1, -0.05) is 25.1 Å². The van der Waals surface area contributed by atoms with Crippen LogP contribution in [0.3, 0.4) is 0 Å². The van der Waals surface area contributed by atoms with Crippen molar-refractivity contribution in [2.45, 2.75) is 38.3 Å². The van der Waals surface area contributed by atoms with E-state index in [0.717, 1.165) is 17.9 Å². The molecule has 0 fully saturated rings. The van der Waals surface area contributed by atoms with E-state index in [4.69, 9.17) is 4.74 Å². The Hall–Kier alpha value is -1.69. The van der Waals surface area contributed by atoms with E-state index in [1.165, 1.54) is 5.56 Å². The second kappa shape index (κ2) is 8.82. The van der Waals surface area contributed by atoms with Gasteiger partial charge in [0, 0.05) is 12.8 Å². The molecule has 0 radical (unpaired) electrons. The van der Waals surface area contributed by atoms with E-state index in [-0.39, 0.29) is 17.9 Å². The van der Waals surface area contributed by atoms with Crippen molar-refractivity contribution in [2.24, 2.45) is 0 Å². The molecule has 126 valence electrons. The van der Waals surface area contributed by atoms with E-state index in [9.17, 15) is 9.59 Å². The van der Waals surface area contributed by atoms with Crippen LogP contribution in [0.15, 0.2) is 24.3 Å². The number of amides is 2. The zero-order valence-electron chi connectivity index (χ0n) is 13.6. The zero-order chi connectivity index (χ0) is 16.7. The predicted octanol–water partition coefficient (Wildman–Crippen LogP) is 1.75. The van der Waals surface area contributed by atoms with Crippen LogP contribution in [0.4, 0.5) is 0 Å². The third-order valence-electron chi connectivity index (χ3n) is 3.80. The van der Waals surface area contributed by atoms with Crippen LogP contribution in [0, 0.1) is 0 Å². The lowest BCUT2D eigenvalue weighted by atomic mass is 10.1. The summed E-state index contributed by atoms with van der Waals surface area (Å²) in [6.45, 7) is 2.23. The molecule has 0 aliphatic carbocycles. The lowest BCUT2D eigenvalue weighted by molar-refractivity contribution is -0.129. The van der Waals surface area contributed by atoms with Gasteiger partial charge in [-0.2, -0.15) is 11.8 Å². The molecule has 1 aliphatic rings. The first-order valence-corrected chi connectivity index (χ1v) is 9.34. The number of thioether (sulfide) groups is 1. The van der Waals surface area contributed by atoms with Crippen LogP contribution in [-0.4, -0.2) is 42.5 Å². The summed E-state index contributed by atoms with van der Waals surface area (Å²) < 4.78 is 5.81. The maximum atomic E-state index is 12.3. The predicted molar refractivity (Wildman–Crippen MR) is 92.8 cm³/mol. The Morgan fingerprint density at radius 3 is 2.87 bits per heavy atom. The molecule has 2 N–H and O–H groups in total. The third-order valence-corrected chi connectivity index (χ3v) is 4.45. The summed E-state index contributed by atoms with van der Waals surface area (Å²) in [7, 11) is 0. The van der Waals surface area contributed by atoms with E-state index in [0.29, 0.717) is 19.4 Å². The smallest absolute Gasteiger partial charge is 0.242 e. The average molecular weight is 336 g/mol. The minimum absolute atomic E-state index is 0.0422. The van der Waals surface area contributed by atoms with Crippen LogP contribution in [-0.2, 0) is 16.0 Å². The van der Waals surface area contributed by atoms with Crippen molar-refractivity contribution in [3.05, 3.63) is 29.8 Å². The number of benzene rings is 1. The molecule has 0 aromatic heterocycles. The second-order valence-electron chi connectivity index (χ2n) is 5.55. The maximum absolute atomic E-state index is 12.3. The normalized spacial score (nSPS) is 17.0. The molecular weight excluding hydrogens is 312 g/mol. The molecule has 1 aliphatic heterocycles. The van der Waals surface area contributed by atoms with E-state index < -0.39 is 6.04 Å². The Morgan fingerprint density at radius 1 is 1.39 bits per heavy atom. The van der Waals surface area contributed by atoms with Gasteiger partial charge in [-0.25, -0.2) is 0 Å². The van der Waals surface area contributed by atoms with Gasteiger partial charge in [-0.15, -0.1) is 0 Å². The standard InChI is InChI=1S/C17H24N2O3S/c1-3-16(20)19-14(8-9-23-2)17(21)18-11-13-10-12-6-4-5-7-15(12)22-13/h4-7,13-14H,3,8-11H2,1-2H3,(H,18,21)(H,19,20)/t13-,14+/m1/s1. The highest BCUT2D eigenvalue weighted by atomic mass is 32.2. The van der Waals surface area contributed by atoms with Crippen LogP contribution in [0.2, 0.25) is 0 Å². The SMILES string of the molecule is CCC(=O)N[C@@H](CCSC)C(=O)NC[C@H]1Cc2ccccc2O1. The average Bonchev–Trinajstić information content (AvgIpc) is 2.99. The molecule has 1 aromatic carbocycles. The number of hydrogen-bond donors (Lipinski definition) is 2. The van der Waals surface area contributed by atoms with E-state index in [2.05, 4.69) is 10.6 Å². The van der Waals surface area contributed by atoms with Gasteiger partial charge in [0.25, 0.3) is 0 Å². The number of para-hydroxylation sites is 1. The molecule has 0 saturated carbocycles. The summed E-state index contributed by atoms with van der Waals surface area (Å²) in [6, 6.07) is 7.44. The molecule has 0 saturated heterocycles. The van der Waals surface area contributed by atoms with Gasteiger partial charge >= 0.3 is 0 Å². The van der Waals surface area contributed by atoms with E-state index >= 15 is 0 Å². The third kappa shape index (κ3) is 5.16. The van der Waals surface area contributed by atoms with Gasteiger partial charge in [-0.3, -0.25) is 9.59 Å². The molecular formula is C17H24N2O3S. The Balaban J connectivity index is 1.83. The lowest BCUT2D eigenvalue weighted by Crippen LogP contribution is -2.48. The van der Waals surface area contributed by atoms with Crippen molar-refractivity contribution in [1.29, 1.82) is 0 Å². The minimum Gasteiger partial charge on any atom is -0.488 e. The van der Waals surface area contributed by atoms with Crippen molar-refractivity contribution in [3.8, 4) is 5.75 Å². The van der Waals surface area contributed by atoms with Crippen LogP contribution >= 0.6 is 11.8 Å². The highest BCUT2D eigenvalue weighted by molar-refractivity contribution is 7.98. The number of carbonyl (C=O) groups excluding carboxylic acids is 2. The number of nitrogens with one attached hydrogen (secondary N) is 2. The lowest BCUT2D eigenvalue weighted by Gasteiger charge is -2.19. The highest BCUT2D eigenvalue weighted by Gasteiger charge is 2.25. The number of ether oxygens (including phenoxy) is 1. The van der Waals surface area contributed by atoms with Gasteiger partial charge in [-0.05, 0) is 30.1 Å². The molecule has 2 rings (SSSR count). The summed E-state index contributed by atoms with van der Waals surface area (Å²) in [5, 5.41) is 5.70. The fourth-order valence-corrected chi connectivity index (χ4v) is 2.98. The summed E-state index contributed by atoms with van der Waals surface area (Å²) in [4.78, 5) is 23.9. The molecule has 23 heavy (non-hydrogen) atoms. The number of rotatable bonds is 8. The summed E-state index contributed by atoms with van der Waals surface area (Å²) >= 11 is 1.66. The minimum atomic E-state index is -0.473. The monoisotopic (exact) mass is 336 g/mol. The van der Waals surface area contributed by atoms with Crippen molar-refractivity contribution in [1.82, 2.24) is 10.6 Å². The number of carbonyl (C=O) groups is 2. The van der Waals surface area contributed by atoms with Crippen LogP contribution in [0.25, 0.3) is 0 Å². The first-order valence-electron chi connectivity index (χ1n) is 7.94. The summed E-state index contributed by atoms with van der Waals surface area (Å²) in [5.74, 6) is 1.48. The Labute approximate surface area is 141 Å². The quantitative estimate of drug-likeness (QED) is 0.759. The van der Waals surface area contributed by atoms with E-state index in [1.807, 2.05) is 30.5 Å². The summed E-state index contributed by atoms with van der Waals surface area (Å²) in [5.41, 5.74) is 1.17.